The third-order valence-electron chi connectivity index (χ3n) is 13.9. The molecular weight excluding hydrogens is 904 g/mol. The Bertz CT molecular complexity index is 1270. The lowest BCUT2D eigenvalue weighted by Gasteiger charge is -2.30. The Morgan fingerprint density at radius 3 is 1.21 bits per heavy atom. The van der Waals surface area contributed by atoms with Crippen molar-refractivity contribution in [3.05, 3.63) is 24.3 Å². The molecular formula is C61H119N2O7P. The smallest absolute Gasteiger partial charge is 0.306 e. The van der Waals surface area contributed by atoms with Gasteiger partial charge in [-0.3, -0.25) is 14.2 Å². The average Bonchev–Trinajstić information content (AvgIpc) is 3.33. The molecule has 3 unspecified atom stereocenters. The number of phosphoric ester groups is 1. The minimum atomic E-state index is -4.69. The highest BCUT2D eigenvalue weighted by molar-refractivity contribution is 7.45. The minimum absolute atomic E-state index is 0.0198. The van der Waals surface area contributed by atoms with Gasteiger partial charge in [-0.2, -0.15) is 0 Å². The highest BCUT2D eigenvalue weighted by Gasteiger charge is 2.27. The van der Waals surface area contributed by atoms with E-state index in [0.717, 1.165) is 70.6 Å². The van der Waals surface area contributed by atoms with Crippen molar-refractivity contribution in [1.82, 2.24) is 5.32 Å². The first kappa shape index (κ1) is 69.5. The van der Waals surface area contributed by atoms with Crippen molar-refractivity contribution in [1.29, 1.82) is 0 Å². The molecule has 71 heavy (non-hydrogen) atoms. The maximum absolute atomic E-state index is 13.5. The molecule has 10 heteroatoms. The van der Waals surface area contributed by atoms with E-state index in [1.54, 1.807) is 0 Å². The molecule has 0 spiro atoms. The number of amides is 1. The average molecular weight is 1020 g/mol. The number of esters is 1. The number of allylic oxidation sites excluding steroid dienone is 3. The molecule has 1 amide bonds. The van der Waals surface area contributed by atoms with Gasteiger partial charge in [-0.25, -0.2) is 0 Å². The van der Waals surface area contributed by atoms with Crippen LogP contribution in [0.4, 0.5) is 0 Å². The Balaban J connectivity index is 5.20. The lowest BCUT2D eigenvalue weighted by atomic mass is 10.0. The predicted octanol–water partition coefficient (Wildman–Crippen LogP) is 17.9. The first-order valence-electron chi connectivity index (χ1n) is 30.6. The summed E-state index contributed by atoms with van der Waals surface area (Å²) in [6.07, 6.45) is 60.0. The molecule has 0 bridgehead atoms. The van der Waals surface area contributed by atoms with E-state index in [0.29, 0.717) is 17.4 Å². The molecule has 0 saturated carbocycles. The number of rotatable bonds is 56. The van der Waals surface area contributed by atoms with Gasteiger partial charge in [-0.05, 0) is 57.4 Å². The molecule has 0 radical (unpaired) electrons. The van der Waals surface area contributed by atoms with Crippen LogP contribution in [0.1, 0.15) is 303 Å². The molecule has 9 nitrogen and oxygen atoms in total. The quantitative estimate of drug-likeness (QED) is 0.0212. The van der Waals surface area contributed by atoms with Gasteiger partial charge >= 0.3 is 5.97 Å². The lowest BCUT2D eigenvalue weighted by Crippen LogP contribution is -2.47. The predicted molar refractivity (Wildman–Crippen MR) is 303 cm³/mol. The monoisotopic (exact) mass is 1020 g/mol. The van der Waals surface area contributed by atoms with Gasteiger partial charge in [0, 0.05) is 12.8 Å². The zero-order chi connectivity index (χ0) is 52.2. The molecule has 0 aromatic rings. The van der Waals surface area contributed by atoms with Crippen molar-refractivity contribution in [3.63, 3.8) is 0 Å². The second kappa shape index (κ2) is 52.0. The second-order valence-corrected chi connectivity index (χ2v) is 23.6. The molecule has 0 fully saturated rings. The normalized spacial score (nSPS) is 13.8. The van der Waals surface area contributed by atoms with Crippen molar-refractivity contribution >= 4 is 19.7 Å². The Morgan fingerprint density at radius 1 is 0.479 bits per heavy atom. The highest BCUT2D eigenvalue weighted by Crippen LogP contribution is 2.38. The van der Waals surface area contributed by atoms with Gasteiger partial charge in [-0.1, -0.05) is 257 Å². The van der Waals surface area contributed by atoms with E-state index >= 15 is 0 Å². The summed E-state index contributed by atoms with van der Waals surface area (Å²) in [6, 6.07) is -0.884. The molecule has 0 aliphatic heterocycles. The van der Waals surface area contributed by atoms with Crippen LogP contribution >= 0.6 is 7.82 Å². The highest BCUT2D eigenvalue weighted by atomic mass is 31.2. The topological polar surface area (TPSA) is 114 Å². The summed E-state index contributed by atoms with van der Waals surface area (Å²) in [4.78, 5) is 39.9. The summed E-state index contributed by atoms with van der Waals surface area (Å²) < 4.78 is 30.3. The standard InChI is InChI=1S/C61H119N2O7P/c1-7-10-13-16-19-22-25-27-29-30-31-32-34-36-39-42-45-48-51-54-61(65)70-59(52-49-46-43-40-37-24-21-18-15-12-9-3)58(57-69-71(66,67)68-56-55-63(4,5)6)62-60(64)53-50-47-44-41-38-35-33-28-26-23-20-17-14-11-8-2/h23,26,49,52,58-59H,7-22,24-25,27-48,50-51,53-57H2,1-6H3,(H-,62,64,66,67)/b26-23-,52-49+. The fourth-order valence-electron chi connectivity index (χ4n) is 9.11. The second-order valence-electron chi connectivity index (χ2n) is 22.2. The number of hydrogen-bond acceptors (Lipinski definition) is 7. The molecule has 0 aliphatic rings. The van der Waals surface area contributed by atoms with Crippen LogP contribution in [-0.2, 0) is 27.9 Å². The van der Waals surface area contributed by atoms with E-state index in [9.17, 15) is 19.0 Å². The summed E-state index contributed by atoms with van der Waals surface area (Å²) in [7, 11) is 1.20. The van der Waals surface area contributed by atoms with Crippen LogP contribution in [-0.4, -0.2) is 69.4 Å². The van der Waals surface area contributed by atoms with Gasteiger partial charge in [0.2, 0.25) is 5.91 Å². The molecule has 0 aliphatic carbocycles. The fourth-order valence-corrected chi connectivity index (χ4v) is 9.83. The summed E-state index contributed by atoms with van der Waals surface area (Å²) in [5.41, 5.74) is 0. The molecule has 0 heterocycles. The summed E-state index contributed by atoms with van der Waals surface area (Å²) in [6.45, 7) is 6.86. The molecule has 420 valence electrons. The van der Waals surface area contributed by atoms with Gasteiger partial charge in [0.15, 0.2) is 0 Å². The lowest BCUT2D eigenvalue weighted by molar-refractivity contribution is -0.870. The number of carbonyl (C=O) groups excluding carboxylic acids is 2. The zero-order valence-electron chi connectivity index (χ0n) is 48.0. The zero-order valence-corrected chi connectivity index (χ0v) is 48.8. The molecule has 1 N–H and O–H groups in total. The summed E-state index contributed by atoms with van der Waals surface area (Å²) in [5.74, 6) is -0.532. The number of ether oxygens (including phenoxy) is 1. The summed E-state index contributed by atoms with van der Waals surface area (Å²) in [5, 5.41) is 3.03. The van der Waals surface area contributed by atoms with Crippen LogP contribution in [0, 0.1) is 0 Å². The van der Waals surface area contributed by atoms with E-state index in [-0.39, 0.29) is 31.5 Å². The molecule has 0 saturated heterocycles. The van der Waals surface area contributed by atoms with Gasteiger partial charge in [0.05, 0.1) is 33.8 Å². The summed E-state index contributed by atoms with van der Waals surface area (Å²) >= 11 is 0. The van der Waals surface area contributed by atoms with E-state index in [1.165, 1.54) is 199 Å². The maximum Gasteiger partial charge on any atom is 0.306 e. The molecule has 0 rings (SSSR count). The molecule has 0 aromatic carbocycles. The van der Waals surface area contributed by atoms with Gasteiger partial charge in [0.1, 0.15) is 19.3 Å². The number of hydrogen-bond donors (Lipinski definition) is 1. The Labute approximate surface area is 441 Å². The number of likely N-dealkylation sites (N-methyl/N-ethyl adjacent to an activating group) is 1. The number of phosphoric acid groups is 1. The molecule has 3 atom stereocenters. The van der Waals surface area contributed by atoms with Crippen molar-refractivity contribution in [2.45, 2.75) is 315 Å². The van der Waals surface area contributed by atoms with Gasteiger partial charge < -0.3 is 28.5 Å². The van der Waals surface area contributed by atoms with Crippen LogP contribution in [0.2, 0.25) is 0 Å². The van der Waals surface area contributed by atoms with E-state index in [4.69, 9.17) is 13.8 Å². The first-order valence-corrected chi connectivity index (χ1v) is 32.1. The minimum Gasteiger partial charge on any atom is -0.756 e. The van der Waals surface area contributed by atoms with Gasteiger partial charge in [-0.15, -0.1) is 0 Å². The van der Waals surface area contributed by atoms with Crippen molar-refractivity contribution in [2.24, 2.45) is 0 Å². The molecule has 0 aromatic heterocycles. The number of carbonyl (C=O) groups is 2. The van der Waals surface area contributed by atoms with Crippen molar-refractivity contribution < 1.29 is 37.3 Å². The third-order valence-corrected chi connectivity index (χ3v) is 14.8. The van der Waals surface area contributed by atoms with Crippen LogP contribution in [0.25, 0.3) is 0 Å². The SMILES string of the molecule is CCCCCC/C=C\CCCCCCCCCC(=O)NC(COP(=O)([O-])OCC[N+](C)(C)C)C(/C=C/CCCCCCCCCCC)OC(=O)CCCCCCCCCCCCCCCCCCCCC. The van der Waals surface area contributed by atoms with Crippen LogP contribution in [0.15, 0.2) is 24.3 Å². The number of quaternary nitrogens is 1. The third kappa shape index (κ3) is 53.1. The number of nitrogens with zero attached hydrogens (tertiary/aromatic N) is 1. The van der Waals surface area contributed by atoms with E-state index in [2.05, 4.69) is 38.2 Å². The maximum atomic E-state index is 13.5. The van der Waals surface area contributed by atoms with E-state index < -0.39 is 20.0 Å². The number of nitrogens with one attached hydrogen (secondary N) is 1. The number of unbranched alkanes of at least 4 members (excludes halogenated alkanes) is 38. The van der Waals surface area contributed by atoms with Crippen LogP contribution in [0.3, 0.4) is 0 Å². The Kier molecular flexibility index (Phi) is 50.8. The van der Waals surface area contributed by atoms with Crippen molar-refractivity contribution in [2.75, 3.05) is 40.9 Å². The largest absolute Gasteiger partial charge is 0.756 e. The van der Waals surface area contributed by atoms with Crippen molar-refractivity contribution in [3.8, 4) is 0 Å². The van der Waals surface area contributed by atoms with Crippen LogP contribution < -0.4 is 10.2 Å². The Morgan fingerprint density at radius 2 is 0.817 bits per heavy atom. The van der Waals surface area contributed by atoms with Gasteiger partial charge in [0.25, 0.3) is 7.82 Å². The first-order chi connectivity index (χ1) is 34.4. The van der Waals surface area contributed by atoms with E-state index in [1.807, 2.05) is 33.3 Å². The Hall–Kier alpha value is -1.51. The fraction of sp³-hybridized carbons (Fsp3) is 0.902. The van der Waals surface area contributed by atoms with Crippen LogP contribution in [0.5, 0.6) is 0 Å².